The lowest BCUT2D eigenvalue weighted by Gasteiger charge is -2.25. The number of allylic oxidation sites excluding steroid dienone is 2. The highest BCUT2D eigenvalue weighted by molar-refractivity contribution is 9.10. The van der Waals surface area contributed by atoms with Gasteiger partial charge in [-0.1, -0.05) is 28.1 Å². The Morgan fingerprint density at radius 1 is 1.00 bits per heavy atom. The van der Waals surface area contributed by atoms with Crippen LogP contribution in [0.4, 0.5) is 5.69 Å². The molecular weight excluding hydrogens is 452 g/mol. The molecule has 30 heavy (non-hydrogen) atoms. The van der Waals surface area contributed by atoms with E-state index >= 15 is 0 Å². The zero-order valence-electron chi connectivity index (χ0n) is 16.2. The van der Waals surface area contributed by atoms with Crippen molar-refractivity contribution in [3.8, 4) is 0 Å². The van der Waals surface area contributed by atoms with Crippen molar-refractivity contribution in [2.24, 2.45) is 0 Å². The largest absolute Gasteiger partial charge is 0.465 e. The van der Waals surface area contributed by atoms with Crippen LogP contribution in [0.3, 0.4) is 0 Å². The minimum atomic E-state index is -0.759. The Balaban J connectivity index is 2.24. The molecule has 0 N–H and O–H groups in total. The molecule has 0 atom stereocenters. The van der Waals surface area contributed by atoms with E-state index in [9.17, 15) is 14.4 Å². The molecule has 0 saturated carbocycles. The summed E-state index contributed by atoms with van der Waals surface area (Å²) in [6.07, 6.45) is 7.77. The second-order valence-electron chi connectivity index (χ2n) is 6.02. The molecule has 0 fully saturated rings. The molecule has 1 aromatic carbocycles. The molecule has 0 saturated heterocycles. The lowest BCUT2D eigenvalue weighted by atomic mass is 10.0. The third-order valence-corrected chi connectivity index (χ3v) is 4.74. The quantitative estimate of drug-likeness (QED) is 0.489. The second-order valence-corrected chi connectivity index (χ2v) is 6.94. The fourth-order valence-corrected chi connectivity index (χ4v) is 3.25. The molecule has 0 spiro atoms. The number of aromatic nitrogens is 1. The zero-order valence-corrected chi connectivity index (χ0v) is 17.8. The van der Waals surface area contributed by atoms with E-state index in [0.717, 1.165) is 0 Å². The van der Waals surface area contributed by atoms with Crippen molar-refractivity contribution in [3.05, 3.63) is 94.0 Å². The van der Waals surface area contributed by atoms with Gasteiger partial charge in [0.15, 0.2) is 0 Å². The summed E-state index contributed by atoms with van der Waals surface area (Å²) >= 11 is 3.38. The Bertz CT molecular complexity index is 1090. The van der Waals surface area contributed by atoms with E-state index in [4.69, 9.17) is 9.47 Å². The molecule has 1 aliphatic heterocycles. The molecule has 3 rings (SSSR count). The lowest BCUT2D eigenvalue weighted by molar-refractivity contribution is -0.139. The number of esters is 2. The maximum Gasteiger partial charge on any atom is 0.355 e. The van der Waals surface area contributed by atoms with E-state index in [1.165, 1.54) is 31.4 Å². The van der Waals surface area contributed by atoms with E-state index in [1.54, 1.807) is 54.8 Å². The molecule has 1 aliphatic rings. The molecule has 2 heterocycles. The Labute approximate surface area is 181 Å². The summed E-state index contributed by atoms with van der Waals surface area (Å²) in [7, 11) is 2.43. The van der Waals surface area contributed by atoms with Crippen molar-refractivity contribution >= 4 is 39.3 Å². The molecule has 1 aromatic heterocycles. The molecule has 8 heteroatoms. The van der Waals surface area contributed by atoms with Crippen molar-refractivity contribution < 1.29 is 23.9 Å². The van der Waals surface area contributed by atoms with E-state index in [1.807, 2.05) is 0 Å². The highest BCUT2D eigenvalue weighted by Crippen LogP contribution is 2.32. The first kappa shape index (κ1) is 21.2. The molecule has 0 bridgehead atoms. The number of rotatable bonds is 5. The zero-order chi connectivity index (χ0) is 21.7. The maximum atomic E-state index is 13.2. The highest BCUT2D eigenvalue weighted by Gasteiger charge is 2.30. The van der Waals surface area contributed by atoms with Crippen LogP contribution < -0.4 is 4.90 Å². The van der Waals surface area contributed by atoms with Crippen LogP contribution in [0.2, 0.25) is 0 Å². The number of nitrogens with zero attached hydrogens (tertiary/aromatic N) is 2. The Kier molecular flexibility index (Phi) is 6.58. The summed E-state index contributed by atoms with van der Waals surface area (Å²) in [5, 5.41) is 0. The van der Waals surface area contributed by atoms with Gasteiger partial charge in [-0.15, -0.1) is 0 Å². The first-order valence-electron chi connectivity index (χ1n) is 8.78. The summed E-state index contributed by atoms with van der Waals surface area (Å²) in [6.45, 7) is 0. The van der Waals surface area contributed by atoms with Gasteiger partial charge in [0.25, 0.3) is 0 Å². The predicted molar refractivity (Wildman–Crippen MR) is 114 cm³/mol. The minimum absolute atomic E-state index is 0.00601. The van der Waals surface area contributed by atoms with E-state index < -0.39 is 11.9 Å². The monoisotopic (exact) mass is 468 g/mol. The fourth-order valence-electron chi connectivity index (χ4n) is 2.89. The smallest absolute Gasteiger partial charge is 0.355 e. The van der Waals surface area contributed by atoms with Crippen LogP contribution in [0.25, 0.3) is 0 Å². The summed E-state index contributed by atoms with van der Waals surface area (Å²) in [5.41, 5.74) is 0.807. The molecule has 152 valence electrons. The van der Waals surface area contributed by atoms with Gasteiger partial charge in [0.05, 0.1) is 25.5 Å². The number of pyridine rings is 1. The van der Waals surface area contributed by atoms with Crippen molar-refractivity contribution in [2.45, 2.75) is 0 Å². The number of methoxy groups -OCH3 is 2. The van der Waals surface area contributed by atoms with E-state index in [-0.39, 0.29) is 28.3 Å². The third-order valence-electron chi connectivity index (χ3n) is 4.25. The maximum absolute atomic E-state index is 13.2. The first-order valence-corrected chi connectivity index (χ1v) is 9.57. The lowest BCUT2D eigenvalue weighted by Crippen LogP contribution is -2.28. The molecule has 0 amide bonds. The second kappa shape index (κ2) is 9.32. The number of ketones is 1. The number of ether oxygens (including phenoxy) is 2. The van der Waals surface area contributed by atoms with Gasteiger partial charge in [-0.05, 0) is 42.5 Å². The Morgan fingerprint density at radius 3 is 2.43 bits per heavy atom. The normalized spacial score (nSPS) is 13.1. The number of benzene rings is 1. The number of anilines is 1. The SMILES string of the molecule is COC(=O)C1=C(C(=O)OC)N(c2ccc(Br)cc2C(=O)c2ccccn2)C=CC=C1. The van der Waals surface area contributed by atoms with Crippen molar-refractivity contribution in [1.82, 2.24) is 4.98 Å². The van der Waals surface area contributed by atoms with E-state index in [0.29, 0.717) is 10.2 Å². The van der Waals surface area contributed by atoms with Gasteiger partial charge in [-0.2, -0.15) is 0 Å². The van der Waals surface area contributed by atoms with Crippen LogP contribution >= 0.6 is 15.9 Å². The number of hydrogen-bond acceptors (Lipinski definition) is 7. The first-order chi connectivity index (χ1) is 14.5. The number of carbonyl (C=O) groups is 3. The van der Waals surface area contributed by atoms with Crippen LogP contribution in [0, 0.1) is 0 Å². The average Bonchev–Trinajstić information content (AvgIpc) is 3.01. The number of halogens is 1. The molecule has 7 nitrogen and oxygen atoms in total. The topological polar surface area (TPSA) is 85.8 Å². The van der Waals surface area contributed by atoms with Crippen LogP contribution in [0.1, 0.15) is 16.1 Å². The molecule has 2 aromatic rings. The van der Waals surface area contributed by atoms with Crippen molar-refractivity contribution in [1.29, 1.82) is 0 Å². The van der Waals surface area contributed by atoms with Gasteiger partial charge in [0.2, 0.25) is 5.78 Å². The summed E-state index contributed by atoms with van der Waals surface area (Å²) in [5.74, 6) is -1.82. The Morgan fingerprint density at radius 2 is 1.77 bits per heavy atom. The molecular formula is C22H17BrN2O5. The average molecular weight is 469 g/mol. The minimum Gasteiger partial charge on any atom is -0.465 e. The molecule has 0 unspecified atom stereocenters. The number of hydrogen-bond donors (Lipinski definition) is 0. The van der Waals surface area contributed by atoms with Crippen molar-refractivity contribution in [3.63, 3.8) is 0 Å². The number of carbonyl (C=O) groups excluding carboxylic acids is 3. The summed E-state index contributed by atoms with van der Waals surface area (Å²) in [6, 6.07) is 10.0. The Hall–Kier alpha value is -3.52. The fraction of sp³-hybridized carbons (Fsp3) is 0.0909. The summed E-state index contributed by atoms with van der Waals surface area (Å²) < 4.78 is 10.4. The standard InChI is InChI=1S/C22H17BrN2O5/c1-29-21(27)15-7-4-6-12-25(19(15)22(28)30-2)18-10-9-14(23)13-16(18)20(26)17-8-3-5-11-24-17/h3-13H,1-2H3. The van der Waals surface area contributed by atoms with Gasteiger partial charge in [0, 0.05) is 22.4 Å². The van der Waals surface area contributed by atoms with Crippen LogP contribution in [0.15, 0.2) is 82.8 Å². The third kappa shape index (κ3) is 4.23. The highest BCUT2D eigenvalue weighted by atomic mass is 79.9. The van der Waals surface area contributed by atoms with Crippen LogP contribution in [-0.2, 0) is 19.1 Å². The van der Waals surface area contributed by atoms with Gasteiger partial charge in [-0.3, -0.25) is 9.78 Å². The van der Waals surface area contributed by atoms with Gasteiger partial charge in [-0.25, -0.2) is 9.59 Å². The molecule has 0 aliphatic carbocycles. The van der Waals surface area contributed by atoms with Gasteiger partial charge >= 0.3 is 11.9 Å². The van der Waals surface area contributed by atoms with Crippen molar-refractivity contribution in [2.75, 3.05) is 19.1 Å². The van der Waals surface area contributed by atoms with Crippen LogP contribution in [0.5, 0.6) is 0 Å². The predicted octanol–water partition coefficient (Wildman–Crippen LogP) is 3.57. The van der Waals surface area contributed by atoms with Gasteiger partial charge in [0.1, 0.15) is 11.4 Å². The summed E-state index contributed by atoms with van der Waals surface area (Å²) in [4.78, 5) is 43.7. The van der Waals surface area contributed by atoms with E-state index in [2.05, 4.69) is 20.9 Å². The van der Waals surface area contributed by atoms with Gasteiger partial charge < -0.3 is 14.4 Å². The van der Waals surface area contributed by atoms with Crippen LogP contribution in [-0.4, -0.2) is 36.9 Å². The molecule has 0 radical (unpaired) electrons.